The summed E-state index contributed by atoms with van der Waals surface area (Å²) in [6.45, 7) is 1.51. The van der Waals surface area contributed by atoms with Crippen LogP contribution < -0.4 is 5.43 Å². The van der Waals surface area contributed by atoms with Crippen molar-refractivity contribution in [3.8, 4) is 6.07 Å². The van der Waals surface area contributed by atoms with E-state index in [2.05, 4.69) is 10.5 Å². The minimum absolute atomic E-state index is 0.175. The lowest BCUT2D eigenvalue weighted by Gasteiger charge is -1.96. The van der Waals surface area contributed by atoms with Crippen LogP contribution >= 0.6 is 0 Å². The van der Waals surface area contributed by atoms with Gasteiger partial charge in [0.2, 0.25) is 0 Å². The highest BCUT2D eigenvalue weighted by molar-refractivity contribution is 5.97. The monoisotopic (exact) mass is 236 g/mol. The zero-order valence-electron chi connectivity index (χ0n) is 8.84. The first-order valence-electron chi connectivity index (χ1n) is 4.49. The van der Waals surface area contributed by atoms with Crippen molar-refractivity contribution in [1.29, 1.82) is 5.26 Å². The van der Waals surface area contributed by atoms with E-state index in [1.54, 1.807) is 6.07 Å². The maximum atomic E-state index is 10.9. The normalized spacial score (nSPS) is 10.7. The number of nitrogens with one attached hydrogen (secondary N) is 1. The van der Waals surface area contributed by atoms with E-state index in [9.17, 15) is 14.9 Å². The van der Waals surface area contributed by atoms with Crippen LogP contribution in [0.25, 0.3) is 0 Å². The summed E-state index contributed by atoms with van der Waals surface area (Å²) in [6, 6.07) is 4.21. The van der Waals surface area contributed by atoms with Crippen LogP contribution in [-0.2, 0) is 4.79 Å². The van der Waals surface area contributed by atoms with Crippen molar-refractivity contribution in [3.63, 3.8) is 0 Å². The molecule has 1 N–H and O–H groups in total. The van der Waals surface area contributed by atoms with Gasteiger partial charge in [-0.15, -0.1) is 0 Å². The van der Waals surface area contributed by atoms with Crippen LogP contribution in [0.3, 0.4) is 0 Å². The number of rotatable bonds is 4. The van der Waals surface area contributed by atoms with Crippen LogP contribution in [0.15, 0.2) is 21.7 Å². The minimum Gasteiger partial charge on any atom is -0.399 e. The van der Waals surface area contributed by atoms with Crippen LogP contribution in [0.2, 0.25) is 0 Å². The zero-order chi connectivity index (χ0) is 12.8. The quantitative estimate of drug-likeness (QED) is 0.473. The van der Waals surface area contributed by atoms with Gasteiger partial charge in [-0.3, -0.25) is 14.9 Å². The topological polar surface area (TPSA) is 122 Å². The molecule has 1 rings (SSSR count). The molecule has 17 heavy (non-hydrogen) atoms. The molecule has 0 aromatic carbocycles. The van der Waals surface area contributed by atoms with Crippen molar-refractivity contribution in [2.75, 3.05) is 0 Å². The summed E-state index contributed by atoms with van der Waals surface area (Å²) in [4.78, 5) is 20.6. The summed E-state index contributed by atoms with van der Waals surface area (Å²) >= 11 is 0. The predicted molar refractivity (Wildman–Crippen MR) is 55.9 cm³/mol. The Morgan fingerprint density at radius 2 is 2.41 bits per heavy atom. The molecule has 0 aliphatic rings. The Hall–Kier alpha value is -2.69. The number of carbonyl (C=O) groups is 1. The summed E-state index contributed by atoms with van der Waals surface area (Å²) in [5, 5.41) is 22.2. The van der Waals surface area contributed by atoms with Crippen molar-refractivity contribution in [2.45, 2.75) is 13.3 Å². The molecule has 0 saturated heterocycles. The molecule has 0 aliphatic heterocycles. The van der Waals surface area contributed by atoms with Crippen LogP contribution in [-0.4, -0.2) is 16.5 Å². The number of nitriles is 1. The SMILES string of the molecule is C/C(=N\NC(=O)CC#N)c1ccc([N+](=O)[O-])o1. The van der Waals surface area contributed by atoms with E-state index in [1.807, 2.05) is 0 Å². The molecule has 0 atom stereocenters. The Labute approximate surface area is 95.7 Å². The van der Waals surface area contributed by atoms with Gasteiger partial charge in [-0.05, 0) is 13.0 Å². The van der Waals surface area contributed by atoms with Gasteiger partial charge >= 0.3 is 5.88 Å². The average Bonchev–Trinajstić information content (AvgIpc) is 2.75. The maximum absolute atomic E-state index is 10.9. The highest BCUT2D eigenvalue weighted by Crippen LogP contribution is 2.15. The number of nitrogens with zero attached hydrogens (tertiary/aromatic N) is 3. The Bertz CT molecular complexity index is 511. The van der Waals surface area contributed by atoms with Crippen molar-refractivity contribution >= 4 is 17.5 Å². The number of hydrazone groups is 1. The third-order valence-electron chi connectivity index (χ3n) is 1.72. The fourth-order valence-corrected chi connectivity index (χ4v) is 0.933. The first kappa shape index (κ1) is 12.4. The van der Waals surface area contributed by atoms with E-state index >= 15 is 0 Å². The van der Waals surface area contributed by atoms with Gasteiger partial charge in [0, 0.05) is 0 Å². The summed E-state index contributed by atoms with van der Waals surface area (Å²) < 4.78 is 4.85. The summed E-state index contributed by atoms with van der Waals surface area (Å²) in [5.74, 6) is -0.792. The predicted octanol–water partition coefficient (Wildman–Crippen LogP) is 0.942. The van der Waals surface area contributed by atoms with Gasteiger partial charge in [-0.25, -0.2) is 5.43 Å². The zero-order valence-corrected chi connectivity index (χ0v) is 8.84. The van der Waals surface area contributed by atoms with E-state index in [1.165, 1.54) is 19.1 Å². The van der Waals surface area contributed by atoms with Crippen LogP contribution in [0, 0.1) is 21.4 Å². The smallest absolute Gasteiger partial charge is 0.399 e. The number of hydrogen-bond acceptors (Lipinski definition) is 6. The van der Waals surface area contributed by atoms with Gasteiger partial charge in [0.05, 0.1) is 12.1 Å². The second-order valence-corrected chi connectivity index (χ2v) is 2.96. The Kier molecular flexibility index (Phi) is 3.94. The van der Waals surface area contributed by atoms with Crippen molar-refractivity contribution < 1.29 is 14.1 Å². The Morgan fingerprint density at radius 3 is 2.94 bits per heavy atom. The molecule has 0 aliphatic carbocycles. The molecule has 0 spiro atoms. The molecule has 0 unspecified atom stereocenters. The molecule has 88 valence electrons. The Balaban J connectivity index is 2.72. The second kappa shape index (κ2) is 5.41. The first-order valence-corrected chi connectivity index (χ1v) is 4.49. The van der Waals surface area contributed by atoms with E-state index in [-0.39, 0.29) is 17.9 Å². The lowest BCUT2D eigenvalue weighted by Crippen LogP contribution is -2.18. The van der Waals surface area contributed by atoms with E-state index in [4.69, 9.17) is 9.68 Å². The molecule has 0 saturated carbocycles. The summed E-state index contributed by atoms with van der Waals surface area (Å²) in [5.41, 5.74) is 2.38. The third-order valence-corrected chi connectivity index (χ3v) is 1.72. The van der Waals surface area contributed by atoms with Crippen molar-refractivity contribution in [3.05, 3.63) is 28.0 Å². The van der Waals surface area contributed by atoms with Crippen molar-refractivity contribution in [2.24, 2.45) is 5.10 Å². The van der Waals surface area contributed by atoms with Gasteiger partial charge in [0.1, 0.15) is 17.1 Å². The van der Waals surface area contributed by atoms with Crippen LogP contribution in [0.5, 0.6) is 0 Å². The van der Waals surface area contributed by atoms with Gasteiger partial charge in [-0.2, -0.15) is 10.4 Å². The van der Waals surface area contributed by atoms with Gasteiger partial charge in [0.25, 0.3) is 5.91 Å². The summed E-state index contributed by atoms with van der Waals surface area (Å²) in [6.07, 6.45) is -0.310. The highest BCUT2D eigenvalue weighted by Gasteiger charge is 2.13. The number of carbonyl (C=O) groups excluding carboxylic acids is 1. The van der Waals surface area contributed by atoms with Gasteiger partial charge in [0.15, 0.2) is 5.76 Å². The van der Waals surface area contributed by atoms with E-state index in [0.29, 0.717) is 0 Å². The van der Waals surface area contributed by atoms with Gasteiger partial charge < -0.3 is 4.42 Å². The second-order valence-electron chi connectivity index (χ2n) is 2.96. The fraction of sp³-hybridized carbons (Fsp3) is 0.222. The summed E-state index contributed by atoms with van der Waals surface area (Å²) in [7, 11) is 0. The molecule has 0 bridgehead atoms. The lowest BCUT2D eigenvalue weighted by molar-refractivity contribution is -0.402. The van der Waals surface area contributed by atoms with Crippen LogP contribution in [0.4, 0.5) is 5.88 Å². The first-order chi connectivity index (χ1) is 8.04. The minimum atomic E-state index is -0.676. The van der Waals surface area contributed by atoms with Crippen molar-refractivity contribution in [1.82, 2.24) is 5.43 Å². The molecular weight excluding hydrogens is 228 g/mol. The van der Waals surface area contributed by atoms with Gasteiger partial charge in [-0.1, -0.05) is 0 Å². The average molecular weight is 236 g/mol. The third kappa shape index (κ3) is 3.42. The number of hydrogen-bond donors (Lipinski definition) is 1. The molecule has 1 amide bonds. The number of furan rings is 1. The number of nitro groups is 1. The number of amides is 1. The van der Waals surface area contributed by atoms with E-state index < -0.39 is 16.7 Å². The maximum Gasteiger partial charge on any atom is 0.433 e. The standard InChI is InChI=1S/C9H8N4O4/c1-6(11-12-8(14)4-5-10)7-2-3-9(17-7)13(15)16/h2-3H,4H2,1H3,(H,12,14)/b11-6+. The van der Waals surface area contributed by atoms with Crippen LogP contribution in [0.1, 0.15) is 19.1 Å². The molecule has 8 nitrogen and oxygen atoms in total. The fourth-order valence-electron chi connectivity index (χ4n) is 0.933. The van der Waals surface area contributed by atoms with E-state index in [0.717, 1.165) is 0 Å². The molecular formula is C9H8N4O4. The Morgan fingerprint density at radius 1 is 1.71 bits per heavy atom. The lowest BCUT2D eigenvalue weighted by atomic mass is 10.3. The largest absolute Gasteiger partial charge is 0.433 e. The highest BCUT2D eigenvalue weighted by atomic mass is 16.6. The molecule has 0 fully saturated rings. The molecule has 1 heterocycles. The molecule has 8 heteroatoms. The molecule has 0 radical (unpaired) electrons. The molecule has 1 aromatic heterocycles. The molecule has 1 aromatic rings.